The molecule has 0 bridgehead atoms. The maximum absolute atomic E-state index is 9.90. The summed E-state index contributed by atoms with van der Waals surface area (Å²) in [6.07, 6.45) is 1.45. The van der Waals surface area contributed by atoms with E-state index in [4.69, 9.17) is 9.53 Å². The van der Waals surface area contributed by atoms with E-state index in [-0.39, 0.29) is 0 Å². The number of para-hydroxylation sites is 2. The number of nitrogens with zero attached hydrogens (tertiary/aromatic N) is 1. The quantitative estimate of drug-likeness (QED) is 0.552. The van der Waals surface area contributed by atoms with Gasteiger partial charge in [0.05, 0.1) is 7.11 Å². The lowest BCUT2D eigenvalue weighted by atomic mass is 10.3. The summed E-state index contributed by atoms with van der Waals surface area (Å²) in [6.45, 7) is 0. The van der Waals surface area contributed by atoms with Gasteiger partial charge in [0.15, 0.2) is 0 Å². The molecule has 0 aromatic heterocycles. The topological polar surface area (TPSA) is 108 Å². The largest absolute Gasteiger partial charge is 0.494 e. The van der Waals surface area contributed by atoms with Crippen molar-refractivity contribution >= 4 is 17.8 Å². The van der Waals surface area contributed by atoms with Crippen molar-refractivity contribution in [2.75, 3.05) is 7.11 Å². The van der Waals surface area contributed by atoms with Gasteiger partial charge in [0.25, 0.3) is 0 Å². The zero-order valence-electron chi connectivity index (χ0n) is 8.14. The van der Waals surface area contributed by atoms with E-state index in [9.17, 15) is 4.79 Å². The summed E-state index contributed by atoms with van der Waals surface area (Å²) < 4.78 is 4.93. The Morgan fingerprint density at radius 2 is 1.93 bits per heavy atom. The predicted molar refractivity (Wildman–Crippen MR) is 54.5 cm³/mol. The number of urea groups is 1. The second-order valence-electron chi connectivity index (χ2n) is 2.28. The van der Waals surface area contributed by atoms with Crippen molar-refractivity contribution < 1.29 is 14.3 Å². The number of hydrogen-bond donors (Lipinski definition) is 2. The lowest BCUT2D eigenvalue weighted by Gasteiger charge is -1.99. The molecule has 4 N–H and O–H groups in total. The first kappa shape index (κ1) is 12.7. The molecule has 0 aliphatic heterocycles. The number of carbonyl (C=O) groups excluding carboxylic acids is 2. The summed E-state index contributed by atoms with van der Waals surface area (Å²) in [6, 6.07) is 6.17. The molecular formula is C9H11N3O3. The molecule has 6 nitrogen and oxygen atoms in total. The minimum absolute atomic E-state index is 0.505. The standard InChI is InChI=1S/C8H7NO2.CH4N2O/c1-11-8-5-3-2-4-7(8)9-6-10;2-1(3)4/h2-5H,1H3;(H4,2,3,4). The molecule has 0 spiro atoms. The van der Waals surface area contributed by atoms with Crippen LogP contribution in [0.4, 0.5) is 10.5 Å². The number of methoxy groups -OCH3 is 1. The number of primary amides is 2. The lowest BCUT2D eigenvalue weighted by Crippen LogP contribution is -2.18. The molecule has 0 saturated heterocycles. The Bertz CT molecular complexity index is 369. The second kappa shape index (κ2) is 7.11. The summed E-state index contributed by atoms with van der Waals surface area (Å²) in [5.74, 6) is 0.579. The van der Waals surface area contributed by atoms with Gasteiger partial charge in [-0.1, -0.05) is 12.1 Å². The minimum atomic E-state index is -0.833. The molecule has 1 rings (SSSR count). The fourth-order valence-electron chi connectivity index (χ4n) is 0.771. The maximum Gasteiger partial charge on any atom is 0.309 e. The van der Waals surface area contributed by atoms with Crippen molar-refractivity contribution in [3.63, 3.8) is 0 Å². The minimum Gasteiger partial charge on any atom is -0.494 e. The van der Waals surface area contributed by atoms with E-state index >= 15 is 0 Å². The molecule has 2 amide bonds. The van der Waals surface area contributed by atoms with Gasteiger partial charge in [-0.25, -0.2) is 9.59 Å². The summed E-state index contributed by atoms with van der Waals surface area (Å²) in [7, 11) is 1.53. The van der Waals surface area contributed by atoms with Crippen LogP contribution in [0.25, 0.3) is 0 Å². The Morgan fingerprint density at radius 3 is 2.40 bits per heavy atom. The Balaban J connectivity index is 0.000000423. The fraction of sp³-hybridized carbons (Fsp3) is 0.111. The van der Waals surface area contributed by atoms with Crippen LogP contribution in [0.15, 0.2) is 29.3 Å². The zero-order chi connectivity index (χ0) is 11.7. The van der Waals surface area contributed by atoms with Gasteiger partial charge in [-0.15, -0.1) is 0 Å². The zero-order valence-corrected chi connectivity index (χ0v) is 8.14. The first-order valence-electron chi connectivity index (χ1n) is 3.87. The normalized spacial score (nSPS) is 7.80. The van der Waals surface area contributed by atoms with Gasteiger partial charge in [0.1, 0.15) is 11.4 Å². The van der Waals surface area contributed by atoms with Gasteiger partial charge >= 0.3 is 6.03 Å². The van der Waals surface area contributed by atoms with Crippen molar-refractivity contribution in [1.29, 1.82) is 0 Å². The molecule has 0 unspecified atom stereocenters. The monoisotopic (exact) mass is 209 g/mol. The van der Waals surface area contributed by atoms with Gasteiger partial charge in [-0.3, -0.25) is 0 Å². The average Bonchev–Trinajstić information content (AvgIpc) is 2.18. The van der Waals surface area contributed by atoms with E-state index in [0.717, 1.165) is 0 Å². The molecule has 0 fully saturated rings. The van der Waals surface area contributed by atoms with Gasteiger partial charge < -0.3 is 16.2 Å². The molecule has 80 valence electrons. The highest BCUT2D eigenvalue weighted by atomic mass is 16.5. The van der Waals surface area contributed by atoms with Crippen LogP contribution >= 0.6 is 0 Å². The van der Waals surface area contributed by atoms with Crippen molar-refractivity contribution in [3.05, 3.63) is 24.3 Å². The molecule has 0 heterocycles. The van der Waals surface area contributed by atoms with Gasteiger partial charge in [0.2, 0.25) is 6.08 Å². The molecule has 0 atom stereocenters. The van der Waals surface area contributed by atoms with Gasteiger partial charge in [-0.2, -0.15) is 4.99 Å². The Morgan fingerprint density at radius 1 is 1.40 bits per heavy atom. The third-order valence-corrected chi connectivity index (χ3v) is 1.25. The number of carbonyl (C=O) groups is 1. The van der Waals surface area contributed by atoms with E-state index in [0.29, 0.717) is 11.4 Å². The van der Waals surface area contributed by atoms with E-state index in [1.807, 2.05) is 6.07 Å². The number of rotatable bonds is 2. The van der Waals surface area contributed by atoms with Crippen LogP contribution in [0.1, 0.15) is 0 Å². The Hall–Kier alpha value is -2.33. The van der Waals surface area contributed by atoms with Crippen LogP contribution in [0.3, 0.4) is 0 Å². The molecule has 1 aromatic carbocycles. The van der Waals surface area contributed by atoms with Crippen molar-refractivity contribution in [3.8, 4) is 5.75 Å². The molecule has 0 radical (unpaired) electrons. The first-order valence-corrected chi connectivity index (χ1v) is 3.87. The highest BCUT2D eigenvalue weighted by molar-refractivity contribution is 5.69. The highest BCUT2D eigenvalue weighted by Gasteiger charge is 1.96. The number of isocyanates is 1. The number of aliphatic imine (C=N–C) groups is 1. The Kier molecular flexibility index (Phi) is 6.01. The van der Waals surface area contributed by atoms with E-state index < -0.39 is 6.03 Å². The Labute approximate surface area is 86.5 Å². The van der Waals surface area contributed by atoms with Gasteiger partial charge in [-0.05, 0) is 12.1 Å². The number of benzene rings is 1. The van der Waals surface area contributed by atoms with Crippen molar-refractivity contribution in [2.24, 2.45) is 16.5 Å². The fourth-order valence-corrected chi connectivity index (χ4v) is 0.771. The highest BCUT2D eigenvalue weighted by Crippen LogP contribution is 2.25. The summed E-state index contributed by atoms with van der Waals surface area (Å²) in [5, 5.41) is 0. The van der Waals surface area contributed by atoms with E-state index in [1.165, 1.54) is 13.2 Å². The smallest absolute Gasteiger partial charge is 0.309 e. The second-order valence-corrected chi connectivity index (χ2v) is 2.28. The average molecular weight is 209 g/mol. The lowest BCUT2D eigenvalue weighted by molar-refractivity contribution is 0.256. The predicted octanol–water partition coefficient (Wildman–Crippen LogP) is 0.686. The van der Waals surface area contributed by atoms with Crippen LogP contribution in [-0.4, -0.2) is 19.2 Å². The van der Waals surface area contributed by atoms with E-state index in [1.54, 1.807) is 18.2 Å². The van der Waals surface area contributed by atoms with Crippen LogP contribution in [0.2, 0.25) is 0 Å². The van der Waals surface area contributed by atoms with Crippen LogP contribution in [-0.2, 0) is 4.79 Å². The molecule has 6 heteroatoms. The molecule has 0 saturated carbocycles. The maximum atomic E-state index is 9.90. The van der Waals surface area contributed by atoms with Crippen LogP contribution < -0.4 is 16.2 Å². The summed E-state index contributed by atoms with van der Waals surface area (Å²) in [4.78, 5) is 22.3. The molecule has 0 aliphatic carbocycles. The number of ether oxygens (including phenoxy) is 1. The third-order valence-electron chi connectivity index (χ3n) is 1.25. The van der Waals surface area contributed by atoms with E-state index in [2.05, 4.69) is 16.5 Å². The molecule has 0 aliphatic rings. The molecule has 1 aromatic rings. The van der Waals surface area contributed by atoms with Crippen molar-refractivity contribution in [1.82, 2.24) is 0 Å². The summed E-state index contributed by atoms with van der Waals surface area (Å²) in [5.41, 5.74) is 9.00. The van der Waals surface area contributed by atoms with Crippen molar-refractivity contribution in [2.45, 2.75) is 0 Å². The first-order chi connectivity index (χ1) is 7.11. The molecule has 15 heavy (non-hydrogen) atoms. The molecular weight excluding hydrogens is 198 g/mol. The third kappa shape index (κ3) is 5.84. The SMILES string of the molecule is COc1ccccc1N=C=O.NC(N)=O. The number of nitrogens with two attached hydrogens (primary N) is 2. The number of amides is 2. The van der Waals surface area contributed by atoms with Crippen LogP contribution in [0, 0.1) is 0 Å². The van der Waals surface area contributed by atoms with Crippen LogP contribution in [0.5, 0.6) is 5.75 Å². The summed E-state index contributed by atoms with van der Waals surface area (Å²) >= 11 is 0. The van der Waals surface area contributed by atoms with Gasteiger partial charge in [0, 0.05) is 0 Å². The number of hydrogen-bond acceptors (Lipinski definition) is 4.